The second-order valence-electron chi connectivity index (χ2n) is 5.54. The molecule has 1 aliphatic rings. The van der Waals surface area contributed by atoms with Gasteiger partial charge in [0.2, 0.25) is 0 Å². The summed E-state index contributed by atoms with van der Waals surface area (Å²) < 4.78 is 5.41. The molecule has 0 radical (unpaired) electrons. The van der Waals surface area contributed by atoms with Gasteiger partial charge < -0.3 is 4.74 Å². The van der Waals surface area contributed by atoms with Crippen molar-refractivity contribution in [1.29, 1.82) is 0 Å². The molecule has 0 heterocycles. The summed E-state index contributed by atoms with van der Waals surface area (Å²) in [5, 5.41) is 0. The third kappa shape index (κ3) is 5.00. The van der Waals surface area contributed by atoms with E-state index < -0.39 is 0 Å². The smallest absolute Gasteiger partial charge is 0.333 e. The third-order valence-corrected chi connectivity index (χ3v) is 4.20. The van der Waals surface area contributed by atoms with E-state index >= 15 is 0 Å². The van der Waals surface area contributed by atoms with Crippen molar-refractivity contribution in [1.82, 2.24) is 0 Å². The van der Waals surface area contributed by atoms with E-state index in [4.69, 9.17) is 4.74 Å². The number of allylic oxidation sites excluding steroid dienone is 1. The van der Waals surface area contributed by atoms with Gasteiger partial charge in [-0.15, -0.1) is 0 Å². The molecular weight excluding hydrogens is 236 g/mol. The van der Waals surface area contributed by atoms with Crippen LogP contribution in [0, 0.1) is 5.92 Å². The predicted molar refractivity (Wildman–Crippen MR) is 80.1 cm³/mol. The molecule has 1 aliphatic carbocycles. The lowest BCUT2D eigenvalue weighted by atomic mass is 9.80. The van der Waals surface area contributed by atoms with Gasteiger partial charge in [0.15, 0.2) is 0 Å². The summed E-state index contributed by atoms with van der Waals surface area (Å²) >= 11 is 0. The van der Waals surface area contributed by atoms with Crippen LogP contribution in [-0.2, 0) is 9.53 Å². The van der Waals surface area contributed by atoms with Crippen molar-refractivity contribution in [2.45, 2.75) is 78.6 Å². The van der Waals surface area contributed by atoms with Gasteiger partial charge in [-0.05, 0) is 38.0 Å². The molecule has 0 unspecified atom stereocenters. The maximum atomic E-state index is 12.2. The first-order chi connectivity index (χ1) is 9.24. The largest absolute Gasteiger partial charge is 0.462 e. The highest BCUT2D eigenvalue weighted by molar-refractivity contribution is 5.89. The highest BCUT2D eigenvalue weighted by Gasteiger charge is 2.22. The van der Waals surface area contributed by atoms with E-state index in [2.05, 4.69) is 20.8 Å². The molecule has 0 aliphatic heterocycles. The van der Waals surface area contributed by atoms with Gasteiger partial charge in [0.25, 0.3) is 0 Å². The SMILES string of the molecule is CCCCOC(=O)/C(CC)=C(\CC)C1CCCCC1. The average molecular weight is 266 g/mol. The van der Waals surface area contributed by atoms with E-state index in [9.17, 15) is 4.79 Å². The Bertz CT molecular complexity index is 298. The van der Waals surface area contributed by atoms with E-state index in [1.165, 1.54) is 37.7 Å². The van der Waals surface area contributed by atoms with Crippen molar-refractivity contribution >= 4 is 5.97 Å². The summed E-state index contributed by atoms with van der Waals surface area (Å²) in [6.45, 7) is 6.94. The van der Waals surface area contributed by atoms with Crippen LogP contribution in [0.3, 0.4) is 0 Å². The Kier molecular flexibility index (Phi) is 7.85. The van der Waals surface area contributed by atoms with Gasteiger partial charge >= 0.3 is 5.97 Å². The summed E-state index contributed by atoms with van der Waals surface area (Å²) in [5.74, 6) is 0.575. The van der Waals surface area contributed by atoms with Crippen LogP contribution in [0.25, 0.3) is 0 Å². The summed E-state index contributed by atoms with van der Waals surface area (Å²) in [5.41, 5.74) is 2.34. The molecule has 0 amide bonds. The van der Waals surface area contributed by atoms with Crippen LogP contribution < -0.4 is 0 Å². The molecular formula is C17H30O2. The highest BCUT2D eigenvalue weighted by atomic mass is 16.5. The normalized spacial score (nSPS) is 18.1. The molecule has 1 saturated carbocycles. The topological polar surface area (TPSA) is 26.3 Å². The number of ether oxygens (including phenoxy) is 1. The number of hydrogen-bond donors (Lipinski definition) is 0. The standard InChI is InChI=1S/C17H30O2/c1-4-7-13-19-17(18)16(6-3)15(5-2)14-11-9-8-10-12-14/h14H,4-13H2,1-3H3/b16-15+. The van der Waals surface area contributed by atoms with Crippen molar-refractivity contribution < 1.29 is 9.53 Å². The number of hydrogen-bond acceptors (Lipinski definition) is 2. The van der Waals surface area contributed by atoms with Crippen LogP contribution in [0.4, 0.5) is 0 Å². The first-order valence-corrected chi connectivity index (χ1v) is 8.13. The maximum absolute atomic E-state index is 12.2. The number of carbonyl (C=O) groups excluding carboxylic acids is 1. The first-order valence-electron chi connectivity index (χ1n) is 8.13. The molecule has 0 aromatic carbocycles. The maximum Gasteiger partial charge on any atom is 0.333 e. The quantitative estimate of drug-likeness (QED) is 0.367. The van der Waals surface area contributed by atoms with Crippen LogP contribution >= 0.6 is 0 Å². The van der Waals surface area contributed by atoms with Crippen molar-refractivity contribution in [3.05, 3.63) is 11.1 Å². The minimum atomic E-state index is -0.0571. The molecule has 19 heavy (non-hydrogen) atoms. The second kappa shape index (κ2) is 9.17. The fourth-order valence-electron chi connectivity index (χ4n) is 3.10. The van der Waals surface area contributed by atoms with Crippen LogP contribution in [-0.4, -0.2) is 12.6 Å². The van der Waals surface area contributed by atoms with Crippen LogP contribution in [0.5, 0.6) is 0 Å². The Morgan fingerprint density at radius 2 is 1.74 bits per heavy atom. The minimum absolute atomic E-state index is 0.0571. The molecule has 0 saturated heterocycles. The van der Waals surface area contributed by atoms with Gasteiger partial charge in [0, 0.05) is 5.57 Å². The summed E-state index contributed by atoms with van der Waals surface area (Å²) in [6.07, 6.45) is 10.3. The van der Waals surface area contributed by atoms with Crippen molar-refractivity contribution in [2.75, 3.05) is 6.61 Å². The van der Waals surface area contributed by atoms with E-state index in [1.807, 2.05) is 0 Å². The molecule has 0 aromatic heterocycles. The Morgan fingerprint density at radius 3 is 2.26 bits per heavy atom. The molecule has 0 bridgehead atoms. The molecule has 0 atom stereocenters. The minimum Gasteiger partial charge on any atom is -0.462 e. The van der Waals surface area contributed by atoms with E-state index in [0.717, 1.165) is 31.3 Å². The van der Waals surface area contributed by atoms with Crippen molar-refractivity contribution in [2.24, 2.45) is 5.92 Å². The highest BCUT2D eigenvalue weighted by Crippen LogP contribution is 2.34. The molecule has 1 rings (SSSR count). The molecule has 0 spiro atoms. The molecule has 0 N–H and O–H groups in total. The fraction of sp³-hybridized carbons (Fsp3) is 0.824. The summed E-state index contributed by atoms with van der Waals surface area (Å²) in [6, 6.07) is 0. The Morgan fingerprint density at radius 1 is 1.05 bits per heavy atom. The molecule has 110 valence electrons. The van der Waals surface area contributed by atoms with Crippen molar-refractivity contribution in [3.8, 4) is 0 Å². The fourth-order valence-corrected chi connectivity index (χ4v) is 3.10. The van der Waals surface area contributed by atoms with Gasteiger partial charge in [0.05, 0.1) is 6.61 Å². The molecule has 2 nitrogen and oxygen atoms in total. The summed E-state index contributed by atoms with van der Waals surface area (Å²) in [4.78, 5) is 12.2. The van der Waals surface area contributed by atoms with E-state index in [1.54, 1.807) is 0 Å². The molecule has 1 fully saturated rings. The van der Waals surface area contributed by atoms with Gasteiger partial charge in [-0.1, -0.05) is 52.0 Å². The molecule has 0 aromatic rings. The molecule has 2 heteroatoms. The monoisotopic (exact) mass is 266 g/mol. The zero-order chi connectivity index (χ0) is 14.1. The Hall–Kier alpha value is -0.790. The zero-order valence-electron chi connectivity index (χ0n) is 13.0. The van der Waals surface area contributed by atoms with Crippen molar-refractivity contribution in [3.63, 3.8) is 0 Å². The van der Waals surface area contributed by atoms with Gasteiger partial charge in [-0.2, -0.15) is 0 Å². The lowest BCUT2D eigenvalue weighted by molar-refractivity contribution is -0.139. The number of rotatable bonds is 7. The first kappa shape index (κ1) is 16.3. The van der Waals surface area contributed by atoms with Crippen LogP contribution in [0.15, 0.2) is 11.1 Å². The lowest BCUT2D eigenvalue weighted by Crippen LogP contribution is -2.17. The second-order valence-corrected chi connectivity index (χ2v) is 5.54. The van der Waals surface area contributed by atoms with Gasteiger partial charge in [-0.3, -0.25) is 0 Å². The number of carbonyl (C=O) groups is 1. The number of unbranched alkanes of at least 4 members (excludes halogenated alkanes) is 1. The Balaban J connectivity index is 2.74. The average Bonchev–Trinajstić information content (AvgIpc) is 2.45. The lowest BCUT2D eigenvalue weighted by Gasteiger charge is -2.26. The van der Waals surface area contributed by atoms with Crippen LogP contribution in [0.1, 0.15) is 78.6 Å². The Labute approximate surface area is 118 Å². The van der Waals surface area contributed by atoms with E-state index in [0.29, 0.717) is 12.5 Å². The predicted octanol–water partition coefficient (Wildman–Crippen LogP) is 5.03. The summed E-state index contributed by atoms with van der Waals surface area (Å²) in [7, 11) is 0. The van der Waals surface area contributed by atoms with E-state index in [-0.39, 0.29) is 5.97 Å². The van der Waals surface area contributed by atoms with Crippen LogP contribution in [0.2, 0.25) is 0 Å². The number of esters is 1. The zero-order valence-corrected chi connectivity index (χ0v) is 13.0. The third-order valence-electron chi connectivity index (χ3n) is 4.20. The van der Waals surface area contributed by atoms with Gasteiger partial charge in [0.1, 0.15) is 0 Å². The van der Waals surface area contributed by atoms with Gasteiger partial charge in [-0.25, -0.2) is 4.79 Å².